The van der Waals surface area contributed by atoms with Gasteiger partial charge in [-0.1, -0.05) is 20.8 Å². The molecule has 0 aliphatic carbocycles. The first-order chi connectivity index (χ1) is 5.63. The summed E-state index contributed by atoms with van der Waals surface area (Å²) in [6.45, 7) is 5.49. The zero-order valence-electron chi connectivity index (χ0n) is 8.27. The minimum absolute atomic E-state index is 0.0840. The lowest BCUT2D eigenvalue weighted by atomic mass is 9.89. The molecule has 0 aliphatic heterocycles. The smallest absolute Gasteiger partial charge is 0.138 e. The molecule has 72 valence electrons. The second-order valence-electron chi connectivity index (χ2n) is 3.49. The number of alkyl halides is 1. The minimum atomic E-state index is -0.304. The highest BCUT2D eigenvalue weighted by Crippen LogP contribution is 2.16. The van der Waals surface area contributed by atoms with Gasteiger partial charge in [-0.2, -0.15) is 0 Å². The third kappa shape index (κ3) is 3.84. The second-order valence-corrected chi connectivity index (χ2v) is 3.49. The summed E-state index contributed by atoms with van der Waals surface area (Å²) in [5, 5.41) is 0. The van der Waals surface area contributed by atoms with E-state index in [4.69, 9.17) is 0 Å². The highest BCUT2D eigenvalue weighted by molar-refractivity contribution is 5.82. The third-order valence-electron chi connectivity index (χ3n) is 2.15. The zero-order valence-corrected chi connectivity index (χ0v) is 8.27. The first kappa shape index (κ1) is 11.6. The van der Waals surface area contributed by atoms with E-state index in [9.17, 15) is 9.18 Å². The van der Waals surface area contributed by atoms with E-state index in [-0.39, 0.29) is 24.3 Å². The number of Topliss-reactive ketones (excluding diaryl/α,β-unsaturated/α-hetero) is 1. The molecule has 1 nitrogen and oxygen atoms in total. The monoisotopic (exact) mass is 174 g/mol. The predicted octanol–water partition coefficient (Wildman–Crippen LogP) is 2.99. The Morgan fingerprint density at radius 3 is 2.33 bits per heavy atom. The molecule has 2 heteroatoms. The molecule has 1 atom stereocenters. The summed E-state index contributed by atoms with van der Waals surface area (Å²) in [5.74, 6) is 0.460. The van der Waals surface area contributed by atoms with Crippen LogP contribution in [-0.2, 0) is 4.79 Å². The number of hydrogen-bond acceptors (Lipinski definition) is 1. The Bertz CT molecular complexity index is 132. The highest BCUT2D eigenvalue weighted by Gasteiger charge is 2.18. The lowest BCUT2D eigenvalue weighted by Gasteiger charge is -2.14. The molecule has 0 radical (unpaired) electrons. The molecule has 0 aromatic carbocycles. The van der Waals surface area contributed by atoms with Gasteiger partial charge < -0.3 is 0 Å². The summed E-state index contributed by atoms with van der Waals surface area (Å²) in [4.78, 5) is 11.5. The normalized spacial score (nSPS) is 13.4. The van der Waals surface area contributed by atoms with E-state index in [1.807, 2.05) is 20.8 Å². The maximum atomic E-state index is 11.8. The summed E-state index contributed by atoms with van der Waals surface area (Å²) in [6, 6.07) is 0. The van der Waals surface area contributed by atoms with Gasteiger partial charge in [0.1, 0.15) is 5.78 Å². The van der Waals surface area contributed by atoms with Gasteiger partial charge in [-0.15, -0.1) is 0 Å². The summed E-state index contributed by atoms with van der Waals surface area (Å²) in [7, 11) is 0. The summed E-state index contributed by atoms with van der Waals surface area (Å²) in [6.07, 6.45) is 2.08. The van der Waals surface area contributed by atoms with Crippen LogP contribution in [0.2, 0.25) is 0 Å². The maximum absolute atomic E-state index is 11.8. The second kappa shape index (κ2) is 6.15. The van der Waals surface area contributed by atoms with Crippen LogP contribution in [0.15, 0.2) is 0 Å². The first-order valence-corrected chi connectivity index (χ1v) is 4.73. The topological polar surface area (TPSA) is 17.1 Å². The fraction of sp³-hybridized carbons (Fsp3) is 0.900. The van der Waals surface area contributed by atoms with Crippen LogP contribution in [0.4, 0.5) is 4.39 Å². The molecule has 0 rings (SSSR count). The Kier molecular flexibility index (Phi) is 5.95. The summed E-state index contributed by atoms with van der Waals surface area (Å²) < 4.78 is 11.8. The van der Waals surface area contributed by atoms with Crippen molar-refractivity contribution >= 4 is 5.78 Å². The number of rotatable bonds is 6. The van der Waals surface area contributed by atoms with Crippen molar-refractivity contribution in [3.8, 4) is 0 Å². The standard InChI is InChI=1S/C10H19FO/c1-4-9(6-5-7-11)10(12)8(2)3/h8-9H,4-7H2,1-3H3. The van der Waals surface area contributed by atoms with Crippen molar-refractivity contribution in [2.24, 2.45) is 11.8 Å². The van der Waals surface area contributed by atoms with Gasteiger partial charge in [-0.05, 0) is 19.3 Å². The lowest BCUT2D eigenvalue weighted by Crippen LogP contribution is -2.19. The molecule has 1 unspecified atom stereocenters. The molecule has 0 saturated heterocycles. The zero-order chi connectivity index (χ0) is 9.56. The number of halogens is 1. The SMILES string of the molecule is CCC(CCCF)C(=O)C(C)C. The summed E-state index contributed by atoms with van der Waals surface area (Å²) in [5.41, 5.74) is 0. The van der Waals surface area contributed by atoms with Gasteiger partial charge in [0, 0.05) is 11.8 Å². The van der Waals surface area contributed by atoms with Crippen LogP contribution in [0.3, 0.4) is 0 Å². The maximum Gasteiger partial charge on any atom is 0.138 e. The first-order valence-electron chi connectivity index (χ1n) is 4.73. The number of ketones is 1. The molecule has 0 bridgehead atoms. The lowest BCUT2D eigenvalue weighted by molar-refractivity contribution is -0.126. The van der Waals surface area contributed by atoms with Crippen LogP contribution in [0.25, 0.3) is 0 Å². The molecule has 0 fully saturated rings. The quantitative estimate of drug-likeness (QED) is 0.605. The Labute approximate surface area is 74.4 Å². The molecule has 0 saturated carbocycles. The Hall–Kier alpha value is -0.400. The van der Waals surface area contributed by atoms with Crippen LogP contribution in [0.5, 0.6) is 0 Å². The average molecular weight is 174 g/mol. The minimum Gasteiger partial charge on any atom is -0.299 e. The van der Waals surface area contributed by atoms with Crippen molar-refractivity contribution < 1.29 is 9.18 Å². The molecule has 0 N–H and O–H groups in total. The van der Waals surface area contributed by atoms with Crippen LogP contribution < -0.4 is 0 Å². The highest BCUT2D eigenvalue weighted by atomic mass is 19.1. The fourth-order valence-corrected chi connectivity index (χ4v) is 1.34. The van der Waals surface area contributed by atoms with E-state index in [1.54, 1.807) is 0 Å². The van der Waals surface area contributed by atoms with E-state index in [1.165, 1.54) is 0 Å². The van der Waals surface area contributed by atoms with Crippen LogP contribution >= 0.6 is 0 Å². The Balaban J connectivity index is 3.88. The van der Waals surface area contributed by atoms with Gasteiger partial charge in [-0.3, -0.25) is 9.18 Å². The largest absolute Gasteiger partial charge is 0.299 e. The molecule has 0 aromatic heterocycles. The van der Waals surface area contributed by atoms with Crippen LogP contribution in [-0.4, -0.2) is 12.5 Å². The Morgan fingerprint density at radius 1 is 1.42 bits per heavy atom. The molecular formula is C10H19FO. The van der Waals surface area contributed by atoms with Gasteiger partial charge in [0.05, 0.1) is 6.67 Å². The van der Waals surface area contributed by atoms with Crippen molar-refractivity contribution in [2.75, 3.05) is 6.67 Å². The van der Waals surface area contributed by atoms with Gasteiger partial charge in [0.15, 0.2) is 0 Å². The van der Waals surface area contributed by atoms with E-state index in [2.05, 4.69) is 0 Å². The van der Waals surface area contributed by atoms with Crippen molar-refractivity contribution in [1.29, 1.82) is 0 Å². The van der Waals surface area contributed by atoms with Crippen molar-refractivity contribution in [3.05, 3.63) is 0 Å². The van der Waals surface area contributed by atoms with E-state index < -0.39 is 0 Å². The number of hydrogen-bond donors (Lipinski definition) is 0. The third-order valence-corrected chi connectivity index (χ3v) is 2.15. The van der Waals surface area contributed by atoms with Gasteiger partial charge >= 0.3 is 0 Å². The van der Waals surface area contributed by atoms with Crippen LogP contribution in [0, 0.1) is 11.8 Å². The predicted molar refractivity (Wildman–Crippen MR) is 48.8 cm³/mol. The van der Waals surface area contributed by atoms with E-state index >= 15 is 0 Å². The van der Waals surface area contributed by atoms with Crippen molar-refractivity contribution in [2.45, 2.75) is 40.0 Å². The number of carbonyl (C=O) groups is 1. The van der Waals surface area contributed by atoms with E-state index in [0.717, 1.165) is 6.42 Å². The summed E-state index contributed by atoms with van der Waals surface area (Å²) >= 11 is 0. The van der Waals surface area contributed by atoms with Crippen molar-refractivity contribution in [3.63, 3.8) is 0 Å². The molecule has 12 heavy (non-hydrogen) atoms. The van der Waals surface area contributed by atoms with Gasteiger partial charge in [0.2, 0.25) is 0 Å². The fourth-order valence-electron chi connectivity index (χ4n) is 1.34. The average Bonchev–Trinajstić information content (AvgIpc) is 2.05. The number of carbonyl (C=O) groups excluding carboxylic acids is 1. The Morgan fingerprint density at radius 2 is 2.00 bits per heavy atom. The van der Waals surface area contributed by atoms with Gasteiger partial charge in [-0.25, -0.2) is 0 Å². The molecule has 0 aliphatic rings. The molecule has 0 spiro atoms. The van der Waals surface area contributed by atoms with E-state index in [0.29, 0.717) is 12.8 Å². The van der Waals surface area contributed by atoms with Crippen molar-refractivity contribution in [1.82, 2.24) is 0 Å². The van der Waals surface area contributed by atoms with Crippen LogP contribution in [0.1, 0.15) is 40.0 Å². The molecule has 0 aromatic rings. The molecule has 0 amide bonds. The van der Waals surface area contributed by atoms with Gasteiger partial charge in [0.25, 0.3) is 0 Å². The molecular weight excluding hydrogens is 155 g/mol. The molecule has 0 heterocycles.